The molecule has 3 N–H and O–H groups in total. The van der Waals surface area contributed by atoms with Crippen molar-refractivity contribution >= 4 is 17.8 Å². The minimum Gasteiger partial charge on any atom is -0.480 e. The standard InChI is InChI=1S/C17H24N2O4/c1-2-11-18-15(20)9-6-10-16(21)19-14(17(22)23)12-13-7-4-3-5-8-13/h3-5,7-8,14H,2,6,9-12H2,1H3,(H,18,20)(H,19,21)(H,22,23)/t14-/m0/s1. The molecule has 1 rings (SSSR count). The first-order chi connectivity index (χ1) is 11.0. The van der Waals surface area contributed by atoms with Gasteiger partial charge in [-0.15, -0.1) is 0 Å². The van der Waals surface area contributed by atoms with Gasteiger partial charge in [0.15, 0.2) is 0 Å². The summed E-state index contributed by atoms with van der Waals surface area (Å²) >= 11 is 0. The van der Waals surface area contributed by atoms with Crippen molar-refractivity contribution in [3.05, 3.63) is 35.9 Å². The van der Waals surface area contributed by atoms with Gasteiger partial charge in [-0.3, -0.25) is 9.59 Å². The number of aliphatic carboxylic acids is 1. The van der Waals surface area contributed by atoms with Gasteiger partial charge in [-0.2, -0.15) is 0 Å². The molecule has 0 heterocycles. The van der Waals surface area contributed by atoms with E-state index in [0.717, 1.165) is 12.0 Å². The molecule has 0 saturated carbocycles. The summed E-state index contributed by atoms with van der Waals surface area (Å²) in [7, 11) is 0. The fourth-order valence-electron chi connectivity index (χ4n) is 2.08. The Kier molecular flexibility index (Phi) is 8.42. The Bertz CT molecular complexity index is 517. The highest BCUT2D eigenvalue weighted by atomic mass is 16.4. The summed E-state index contributed by atoms with van der Waals surface area (Å²) in [4.78, 5) is 34.5. The molecule has 0 spiro atoms. The van der Waals surface area contributed by atoms with E-state index < -0.39 is 12.0 Å². The quantitative estimate of drug-likeness (QED) is 0.609. The number of rotatable bonds is 10. The number of hydrogen-bond donors (Lipinski definition) is 3. The molecule has 0 aliphatic heterocycles. The Morgan fingerprint density at radius 3 is 2.35 bits per heavy atom. The molecule has 0 unspecified atom stereocenters. The topological polar surface area (TPSA) is 95.5 Å². The Morgan fingerprint density at radius 1 is 1.09 bits per heavy atom. The van der Waals surface area contributed by atoms with Gasteiger partial charge in [-0.25, -0.2) is 4.79 Å². The number of carboxylic acids is 1. The zero-order valence-corrected chi connectivity index (χ0v) is 13.4. The van der Waals surface area contributed by atoms with Crippen molar-refractivity contribution in [3.63, 3.8) is 0 Å². The van der Waals surface area contributed by atoms with E-state index >= 15 is 0 Å². The molecule has 0 aromatic heterocycles. The molecule has 1 aromatic rings. The van der Waals surface area contributed by atoms with Crippen LogP contribution < -0.4 is 10.6 Å². The summed E-state index contributed by atoms with van der Waals surface area (Å²) in [5, 5.41) is 14.5. The monoisotopic (exact) mass is 320 g/mol. The van der Waals surface area contributed by atoms with Crippen molar-refractivity contribution in [2.24, 2.45) is 0 Å². The van der Waals surface area contributed by atoms with Crippen LogP contribution in [0.2, 0.25) is 0 Å². The number of carbonyl (C=O) groups is 3. The molecule has 6 heteroatoms. The molecular weight excluding hydrogens is 296 g/mol. The number of nitrogens with one attached hydrogen (secondary N) is 2. The molecule has 0 aliphatic carbocycles. The summed E-state index contributed by atoms with van der Waals surface area (Å²) in [6.45, 7) is 2.59. The number of hydrogen-bond acceptors (Lipinski definition) is 3. The van der Waals surface area contributed by atoms with Crippen LogP contribution in [-0.4, -0.2) is 35.5 Å². The maximum Gasteiger partial charge on any atom is 0.326 e. The van der Waals surface area contributed by atoms with Gasteiger partial charge in [0.05, 0.1) is 0 Å². The first kappa shape index (κ1) is 18.7. The normalized spacial score (nSPS) is 11.5. The zero-order valence-electron chi connectivity index (χ0n) is 13.4. The molecule has 0 aliphatic rings. The lowest BCUT2D eigenvalue weighted by molar-refractivity contribution is -0.141. The van der Waals surface area contributed by atoms with Crippen molar-refractivity contribution < 1.29 is 19.5 Å². The summed E-state index contributed by atoms with van der Waals surface area (Å²) in [5.41, 5.74) is 0.846. The second-order valence-corrected chi connectivity index (χ2v) is 5.35. The van der Waals surface area contributed by atoms with E-state index in [4.69, 9.17) is 0 Å². The van der Waals surface area contributed by atoms with E-state index in [9.17, 15) is 19.5 Å². The molecule has 126 valence electrons. The Morgan fingerprint density at radius 2 is 1.74 bits per heavy atom. The largest absolute Gasteiger partial charge is 0.480 e. The lowest BCUT2D eigenvalue weighted by Crippen LogP contribution is -2.42. The first-order valence-electron chi connectivity index (χ1n) is 7.85. The van der Waals surface area contributed by atoms with Crippen LogP contribution in [0.1, 0.15) is 38.2 Å². The van der Waals surface area contributed by atoms with Crippen LogP contribution in [0.3, 0.4) is 0 Å². The number of amides is 2. The second-order valence-electron chi connectivity index (χ2n) is 5.35. The van der Waals surface area contributed by atoms with Gasteiger partial charge < -0.3 is 15.7 Å². The van der Waals surface area contributed by atoms with Crippen molar-refractivity contribution in [2.45, 2.75) is 45.1 Å². The molecule has 6 nitrogen and oxygen atoms in total. The van der Waals surface area contributed by atoms with Crippen LogP contribution in [0.25, 0.3) is 0 Å². The summed E-state index contributed by atoms with van der Waals surface area (Å²) in [5.74, 6) is -1.50. The van der Waals surface area contributed by atoms with Crippen LogP contribution in [0.5, 0.6) is 0 Å². The molecule has 23 heavy (non-hydrogen) atoms. The van der Waals surface area contributed by atoms with Gasteiger partial charge in [0.1, 0.15) is 6.04 Å². The lowest BCUT2D eigenvalue weighted by Gasteiger charge is -2.14. The van der Waals surface area contributed by atoms with Crippen LogP contribution in [-0.2, 0) is 20.8 Å². The number of carboxylic acid groups (broad SMARTS) is 1. The Hall–Kier alpha value is -2.37. The van der Waals surface area contributed by atoms with Crippen LogP contribution >= 0.6 is 0 Å². The smallest absolute Gasteiger partial charge is 0.326 e. The van der Waals surface area contributed by atoms with Gasteiger partial charge in [0.2, 0.25) is 11.8 Å². The fraction of sp³-hybridized carbons (Fsp3) is 0.471. The third kappa shape index (κ3) is 7.99. The van der Waals surface area contributed by atoms with Crippen molar-refractivity contribution in [3.8, 4) is 0 Å². The van der Waals surface area contributed by atoms with Gasteiger partial charge in [0, 0.05) is 25.8 Å². The van der Waals surface area contributed by atoms with E-state index in [2.05, 4.69) is 10.6 Å². The lowest BCUT2D eigenvalue weighted by atomic mass is 10.1. The molecule has 2 amide bonds. The van der Waals surface area contributed by atoms with Crippen LogP contribution in [0.4, 0.5) is 0 Å². The molecule has 1 aromatic carbocycles. The first-order valence-corrected chi connectivity index (χ1v) is 7.85. The highest BCUT2D eigenvalue weighted by Crippen LogP contribution is 2.04. The maximum absolute atomic E-state index is 11.8. The zero-order chi connectivity index (χ0) is 17.1. The van der Waals surface area contributed by atoms with Crippen LogP contribution in [0, 0.1) is 0 Å². The van der Waals surface area contributed by atoms with E-state index in [1.54, 1.807) is 0 Å². The minimum atomic E-state index is -1.07. The Balaban J connectivity index is 2.37. The molecule has 0 bridgehead atoms. The van der Waals surface area contributed by atoms with Crippen molar-refractivity contribution in [1.29, 1.82) is 0 Å². The second kappa shape index (κ2) is 10.4. The van der Waals surface area contributed by atoms with Gasteiger partial charge in [-0.05, 0) is 18.4 Å². The predicted octanol–water partition coefficient (Wildman–Crippen LogP) is 1.49. The highest BCUT2D eigenvalue weighted by molar-refractivity contribution is 5.84. The third-order valence-electron chi connectivity index (χ3n) is 3.30. The van der Waals surface area contributed by atoms with Gasteiger partial charge in [-0.1, -0.05) is 37.3 Å². The number of benzene rings is 1. The molecule has 0 saturated heterocycles. The molecule has 0 fully saturated rings. The van der Waals surface area contributed by atoms with E-state index in [1.807, 2.05) is 37.3 Å². The predicted molar refractivity (Wildman–Crippen MR) is 86.9 cm³/mol. The average molecular weight is 320 g/mol. The van der Waals surface area contributed by atoms with Crippen molar-refractivity contribution in [1.82, 2.24) is 10.6 Å². The summed E-state index contributed by atoms with van der Waals surface area (Å²) in [6.07, 6.45) is 1.91. The van der Waals surface area contributed by atoms with Crippen molar-refractivity contribution in [2.75, 3.05) is 6.54 Å². The minimum absolute atomic E-state index is 0.0845. The maximum atomic E-state index is 11.8. The Labute approximate surface area is 136 Å². The van der Waals surface area contributed by atoms with E-state index in [-0.39, 0.29) is 31.1 Å². The fourth-order valence-corrected chi connectivity index (χ4v) is 2.08. The van der Waals surface area contributed by atoms with E-state index in [1.165, 1.54) is 0 Å². The highest BCUT2D eigenvalue weighted by Gasteiger charge is 2.20. The SMILES string of the molecule is CCCNC(=O)CCCC(=O)N[C@@H](Cc1ccccc1)C(=O)O. The van der Waals surface area contributed by atoms with Gasteiger partial charge >= 0.3 is 5.97 Å². The van der Waals surface area contributed by atoms with Gasteiger partial charge in [0.25, 0.3) is 0 Å². The third-order valence-corrected chi connectivity index (χ3v) is 3.30. The molecule has 1 atom stereocenters. The summed E-state index contributed by atoms with van der Waals surface area (Å²) in [6, 6.07) is 8.18. The average Bonchev–Trinajstić information content (AvgIpc) is 2.53. The van der Waals surface area contributed by atoms with E-state index in [0.29, 0.717) is 13.0 Å². The summed E-state index contributed by atoms with van der Waals surface area (Å²) < 4.78 is 0. The molecule has 0 radical (unpaired) electrons. The molecular formula is C17H24N2O4. The number of carbonyl (C=O) groups excluding carboxylic acids is 2. The van der Waals surface area contributed by atoms with Crippen LogP contribution in [0.15, 0.2) is 30.3 Å².